The van der Waals surface area contributed by atoms with Crippen LogP contribution in [0.3, 0.4) is 0 Å². The van der Waals surface area contributed by atoms with E-state index in [1.165, 1.54) is 26.3 Å². The number of carbonyl (C=O) groups is 4. The Morgan fingerprint density at radius 2 is 1.76 bits per heavy atom. The third kappa shape index (κ3) is 11.8. The SMILES string of the molecule is CON(C)C(=O)C(/C=C1\CN=C(/C=C/C=C/C=C2/N(CCCS(=O)(=O)O)c3ccc(SO)cc3C2(C)c2ccc(C(=O)ON3C(=O)CCC3=O)cc2)C1(C)C)=C/NCCC[S+](C)[O-]. The molecule has 1 fully saturated rings. The van der Waals surface area contributed by atoms with Crippen molar-refractivity contribution in [3.63, 3.8) is 0 Å². The van der Waals surface area contributed by atoms with E-state index in [0.29, 0.717) is 52.8 Å². The molecule has 0 spiro atoms. The largest absolute Gasteiger partial charge is 0.617 e. The van der Waals surface area contributed by atoms with Crippen molar-refractivity contribution in [3.8, 4) is 0 Å². The van der Waals surface area contributed by atoms with Gasteiger partial charge in [-0.1, -0.05) is 55.4 Å². The number of likely N-dealkylation sites (N-methyl/N-ethyl adjacent to an activating group) is 1. The third-order valence-electron chi connectivity index (χ3n) is 11.1. The molecule has 3 aliphatic rings. The van der Waals surface area contributed by atoms with Crippen LogP contribution in [0, 0.1) is 5.41 Å². The van der Waals surface area contributed by atoms with Crippen molar-refractivity contribution in [3.05, 3.63) is 119 Å². The van der Waals surface area contributed by atoms with Gasteiger partial charge < -0.3 is 24.2 Å². The lowest BCUT2D eigenvalue weighted by atomic mass is 9.75. The van der Waals surface area contributed by atoms with Gasteiger partial charge >= 0.3 is 5.97 Å². The fourth-order valence-corrected chi connectivity index (χ4v) is 8.78. The molecule has 0 radical (unpaired) electrons. The summed E-state index contributed by atoms with van der Waals surface area (Å²) >= 11 is -0.339. The average Bonchev–Trinajstić information content (AvgIpc) is 3.80. The minimum atomic E-state index is -4.25. The number of hydrogen-bond acceptors (Lipinski definition) is 14. The first-order valence-electron chi connectivity index (χ1n) is 20.1. The Hall–Kier alpha value is -5.02. The molecule has 0 aliphatic carbocycles. The van der Waals surface area contributed by atoms with Crippen molar-refractivity contribution < 1.29 is 50.9 Å². The van der Waals surface area contributed by atoms with Crippen molar-refractivity contribution in [2.24, 2.45) is 10.4 Å². The Kier molecular flexibility index (Phi) is 16.4. The molecule has 0 saturated carbocycles. The zero-order valence-electron chi connectivity index (χ0n) is 36.0. The van der Waals surface area contributed by atoms with E-state index >= 15 is 0 Å². The summed E-state index contributed by atoms with van der Waals surface area (Å²) in [6, 6.07) is 11.9. The highest BCUT2D eigenvalue weighted by Gasteiger charge is 2.45. The summed E-state index contributed by atoms with van der Waals surface area (Å²) in [6.07, 6.45) is 15.1. The van der Waals surface area contributed by atoms with E-state index in [4.69, 9.17) is 14.7 Å². The van der Waals surface area contributed by atoms with Gasteiger partial charge in [-0.3, -0.25) is 28.8 Å². The van der Waals surface area contributed by atoms with Gasteiger partial charge in [0.1, 0.15) is 5.75 Å². The van der Waals surface area contributed by atoms with Crippen LogP contribution < -0.4 is 10.2 Å². The van der Waals surface area contributed by atoms with Crippen LogP contribution >= 0.6 is 12.0 Å². The molecule has 2 aromatic carbocycles. The van der Waals surface area contributed by atoms with Crippen molar-refractivity contribution >= 4 is 68.4 Å². The van der Waals surface area contributed by atoms with Gasteiger partial charge in [0.05, 0.1) is 42.2 Å². The van der Waals surface area contributed by atoms with Crippen LogP contribution in [0.1, 0.15) is 67.9 Å². The van der Waals surface area contributed by atoms with Crippen molar-refractivity contribution in [2.45, 2.75) is 56.8 Å². The highest BCUT2D eigenvalue weighted by atomic mass is 32.2. The van der Waals surface area contributed by atoms with Crippen molar-refractivity contribution in [1.82, 2.24) is 15.4 Å². The molecular formula is C44H53N5O11S3. The molecule has 3 aliphatic heterocycles. The summed E-state index contributed by atoms with van der Waals surface area (Å²) < 4.78 is 54.6. The lowest BCUT2D eigenvalue weighted by Crippen LogP contribution is -2.32. The molecule has 63 heavy (non-hydrogen) atoms. The lowest BCUT2D eigenvalue weighted by Gasteiger charge is -2.31. The van der Waals surface area contributed by atoms with Crippen LogP contribution in [0.5, 0.6) is 0 Å². The second-order valence-electron chi connectivity index (χ2n) is 15.7. The summed E-state index contributed by atoms with van der Waals surface area (Å²) in [6.45, 7) is 7.13. The molecule has 19 heteroatoms. The molecule has 3 N–H and O–H groups in total. The molecular weight excluding hydrogens is 871 g/mol. The molecule has 0 bridgehead atoms. The van der Waals surface area contributed by atoms with E-state index in [-0.39, 0.29) is 37.3 Å². The predicted octanol–water partition coefficient (Wildman–Crippen LogP) is 5.54. The molecule has 1 saturated heterocycles. The zero-order valence-corrected chi connectivity index (χ0v) is 38.5. The van der Waals surface area contributed by atoms with Crippen molar-refractivity contribution in [2.75, 3.05) is 56.5 Å². The summed E-state index contributed by atoms with van der Waals surface area (Å²) in [7, 11) is -1.32. The third-order valence-corrected chi connectivity index (χ3v) is 13.2. The maximum Gasteiger partial charge on any atom is 0.363 e. The van der Waals surface area contributed by atoms with Gasteiger partial charge in [-0.25, -0.2) is 9.86 Å². The zero-order chi connectivity index (χ0) is 46.1. The van der Waals surface area contributed by atoms with E-state index in [0.717, 1.165) is 38.9 Å². The first-order valence-corrected chi connectivity index (χ1v) is 24.2. The molecule has 2 atom stereocenters. The van der Waals surface area contributed by atoms with Crippen LogP contribution in [0.2, 0.25) is 0 Å². The number of carbonyl (C=O) groups excluding carboxylic acids is 4. The number of aliphatic imine (C=N–C) groups is 1. The summed E-state index contributed by atoms with van der Waals surface area (Å²) in [5, 5.41) is 4.78. The molecule has 0 aromatic heterocycles. The lowest BCUT2D eigenvalue weighted by molar-refractivity contribution is -0.172. The van der Waals surface area contributed by atoms with Gasteiger partial charge in [0.2, 0.25) is 0 Å². The number of fused-ring (bicyclic) bond motifs is 1. The van der Waals surface area contributed by atoms with Gasteiger partial charge in [-0.2, -0.15) is 8.42 Å². The topological polar surface area (TPSA) is 219 Å². The highest BCUT2D eigenvalue weighted by Crippen LogP contribution is 2.52. The number of hydrogen-bond donors (Lipinski definition) is 3. The Bertz CT molecular complexity index is 2360. The predicted molar refractivity (Wildman–Crippen MR) is 243 cm³/mol. The number of amides is 3. The summed E-state index contributed by atoms with van der Waals surface area (Å²) in [5.74, 6) is -2.34. The van der Waals surface area contributed by atoms with Gasteiger partial charge in [-0.15, -0.1) is 5.06 Å². The second kappa shape index (κ2) is 21.1. The van der Waals surface area contributed by atoms with E-state index in [2.05, 4.69) is 5.32 Å². The summed E-state index contributed by atoms with van der Waals surface area (Å²) in [5.41, 5.74) is 3.67. The standard InChI is InChI=1S/C44H53N5O11S3/c1-43(2)33(26-31(41(52)47(4)59-5)28-45-22-10-24-62(6)55)29-46-37(43)12-8-7-9-13-38-44(3,32-16-14-30(15-17-32)42(53)60-49-39(50)20-21-40(49)51)35-27-34(61-54)18-19-36(35)48(38)23-11-25-63(56,57)58/h7-9,12-19,26-28,45,54H,10-11,20-25,29H2,1-6H3,(H,56,57,58)/b9-7+,12-8+,31-28+,33-26+,38-13+. The second-order valence-corrected chi connectivity index (χ2v) is 19.5. The number of imide groups is 1. The summed E-state index contributed by atoms with van der Waals surface area (Å²) in [4.78, 5) is 67.9. The number of hydroxylamine groups is 4. The van der Waals surface area contributed by atoms with Crippen LogP contribution in [0.25, 0.3) is 0 Å². The molecule has 16 nitrogen and oxygen atoms in total. The van der Waals surface area contributed by atoms with Gasteiger partial charge in [0.25, 0.3) is 27.8 Å². The van der Waals surface area contributed by atoms with Crippen molar-refractivity contribution in [1.29, 1.82) is 0 Å². The molecule has 338 valence electrons. The Labute approximate surface area is 375 Å². The minimum Gasteiger partial charge on any atom is -0.617 e. The number of anilines is 1. The first-order chi connectivity index (χ1) is 29.8. The minimum absolute atomic E-state index is 0.0393. The van der Waals surface area contributed by atoms with Crippen LogP contribution in [-0.4, -0.2) is 113 Å². The molecule has 3 heterocycles. The normalized spacial score (nSPS) is 20.7. The molecule has 3 amide bonds. The first kappa shape index (κ1) is 49.0. The van der Waals surface area contributed by atoms with E-state index in [1.807, 2.05) is 74.3 Å². The quantitative estimate of drug-likeness (QED) is 0.0230. The Balaban J connectivity index is 1.45. The van der Waals surface area contributed by atoms with Gasteiger partial charge in [0, 0.05) is 85.0 Å². The Morgan fingerprint density at radius 3 is 2.40 bits per heavy atom. The maximum absolute atomic E-state index is 13.2. The molecule has 5 rings (SSSR count). The molecule has 2 unspecified atom stereocenters. The average molecular weight is 924 g/mol. The number of rotatable bonds is 19. The fourth-order valence-electron chi connectivity index (χ4n) is 7.44. The van der Waals surface area contributed by atoms with Crippen LogP contribution in [0.15, 0.2) is 112 Å². The monoisotopic (exact) mass is 923 g/mol. The smallest absolute Gasteiger partial charge is 0.363 e. The van der Waals surface area contributed by atoms with E-state index < -0.39 is 55.7 Å². The van der Waals surface area contributed by atoms with E-state index in [1.54, 1.807) is 30.7 Å². The highest BCUT2D eigenvalue weighted by molar-refractivity contribution is 7.93. The van der Waals surface area contributed by atoms with E-state index in [9.17, 15) is 41.3 Å². The number of nitrogens with one attached hydrogen (secondary N) is 1. The Morgan fingerprint density at radius 1 is 1.06 bits per heavy atom. The van der Waals surface area contributed by atoms with Crippen LogP contribution in [0.4, 0.5) is 5.69 Å². The van der Waals surface area contributed by atoms with Gasteiger partial charge in [-0.05, 0) is 78.6 Å². The van der Waals surface area contributed by atoms with Crippen LogP contribution in [-0.2, 0) is 50.8 Å². The molecule has 2 aromatic rings. The number of benzene rings is 2. The van der Waals surface area contributed by atoms with Gasteiger partial charge in [0.15, 0.2) is 0 Å². The number of allylic oxidation sites excluding steroid dienone is 6. The number of nitrogens with zero attached hydrogens (tertiary/aromatic N) is 4. The fraction of sp³-hybridized carbons (Fsp3) is 0.386. The maximum atomic E-state index is 13.2.